The predicted octanol–water partition coefficient (Wildman–Crippen LogP) is 3.77. The van der Waals surface area contributed by atoms with E-state index in [4.69, 9.17) is 11.6 Å². The molecule has 0 amide bonds. The highest BCUT2D eigenvalue weighted by atomic mass is 35.5. The van der Waals surface area contributed by atoms with E-state index in [0.717, 1.165) is 16.8 Å². The molecule has 1 aromatic heterocycles. The van der Waals surface area contributed by atoms with Gasteiger partial charge in [0.25, 0.3) is 0 Å². The van der Waals surface area contributed by atoms with Crippen LogP contribution in [-0.2, 0) is 0 Å². The minimum atomic E-state index is 0.277. The number of halogens is 1. The molecule has 1 heterocycles. The molecule has 0 unspecified atom stereocenters. The zero-order valence-electron chi connectivity index (χ0n) is 11.3. The Kier molecular flexibility index (Phi) is 3.43. The minimum Gasteiger partial charge on any atom is -0.211 e. The van der Waals surface area contributed by atoms with Crippen LogP contribution < -0.4 is 0 Å². The average molecular weight is 295 g/mol. The Balaban J connectivity index is 2.25. The van der Waals surface area contributed by atoms with Crippen LogP contribution in [0, 0.1) is 18.3 Å². The summed E-state index contributed by atoms with van der Waals surface area (Å²) in [5, 5.41) is 17.9. The fourth-order valence-corrected chi connectivity index (χ4v) is 2.38. The van der Waals surface area contributed by atoms with Crippen molar-refractivity contribution in [2.24, 2.45) is 0 Å². The van der Waals surface area contributed by atoms with Gasteiger partial charge in [0.05, 0.1) is 5.69 Å². The minimum absolute atomic E-state index is 0.277. The Morgan fingerprint density at radius 1 is 1.14 bits per heavy atom. The van der Waals surface area contributed by atoms with Crippen LogP contribution in [0.3, 0.4) is 0 Å². The van der Waals surface area contributed by atoms with E-state index in [1.807, 2.05) is 43.3 Å². The summed E-state index contributed by atoms with van der Waals surface area (Å²) in [6.07, 6.45) is 0. The lowest BCUT2D eigenvalue weighted by Gasteiger charge is -2.07. The highest BCUT2D eigenvalue weighted by Crippen LogP contribution is 2.27. The Hall–Kier alpha value is -2.64. The molecular weight excluding hydrogens is 284 g/mol. The van der Waals surface area contributed by atoms with Crippen molar-refractivity contribution in [1.82, 2.24) is 15.0 Å². The lowest BCUT2D eigenvalue weighted by atomic mass is 10.1. The molecule has 0 aliphatic carbocycles. The molecule has 0 saturated carbocycles. The van der Waals surface area contributed by atoms with Gasteiger partial charge < -0.3 is 0 Å². The molecule has 0 bridgehead atoms. The number of hydrogen-bond acceptors (Lipinski definition) is 3. The summed E-state index contributed by atoms with van der Waals surface area (Å²) >= 11 is 6.05. The third kappa shape index (κ3) is 2.51. The molecule has 5 heteroatoms. The monoisotopic (exact) mass is 294 g/mol. The number of aromatic nitrogens is 3. The van der Waals surface area contributed by atoms with Crippen LogP contribution in [0.5, 0.6) is 0 Å². The SMILES string of the molecule is Cc1cccc(-n2nnc(C#N)c2-c2cccc(Cl)c2)c1. The molecule has 0 fully saturated rings. The summed E-state index contributed by atoms with van der Waals surface area (Å²) in [5.74, 6) is 0. The van der Waals surface area contributed by atoms with Crippen molar-refractivity contribution >= 4 is 11.6 Å². The standard InChI is InChI=1S/C16H11ClN4/c1-11-4-2-7-14(8-11)21-16(15(10-18)19-20-21)12-5-3-6-13(17)9-12/h2-9H,1H3. The van der Waals surface area contributed by atoms with Crippen molar-refractivity contribution in [3.63, 3.8) is 0 Å². The third-order valence-electron chi connectivity index (χ3n) is 3.12. The van der Waals surface area contributed by atoms with Gasteiger partial charge in [0.2, 0.25) is 0 Å². The van der Waals surface area contributed by atoms with Crippen LogP contribution in [-0.4, -0.2) is 15.0 Å². The molecule has 0 atom stereocenters. The van der Waals surface area contributed by atoms with Crippen LogP contribution in [0.1, 0.15) is 11.3 Å². The predicted molar refractivity (Wildman–Crippen MR) is 81.3 cm³/mol. The zero-order chi connectivity index (χ0) is 14.8. The Morgan fingerprint density at radius 2 is 1.95 bits per heavy atom. The molecule has 3 aromatic rings. The van der Waals surface area contributed by atoms with Gasteiger partial charge in [-0.1, -0.05) is 41.1 Å². The van der Waals surface area contributed by atoms with Gasteiger partial charge in [0.1, 0.15) is 11.8 Å². The Labute approximate surface area is 127 Å². The van der Waals surface area contributed by atoms with Gasteiger partial charge in [-0.25, -0.2) is 4.68 Å². The van der Waals surface area contributed by atoms with Gasteiger partial charge >= 0.3 is 0 Å². The number of hydrogen-bond donors (Lipinski definition) is 0. The third-order valence-corrected chi connectivity index (χ3v) is 3.36. The van der Waals surface area contributed by atoms with Crippen LogP contribution in [0.15, 0.2) is 48.5 Å². The van der Waals surface area contributed by atoms with E-state index in [1.165, 1.54) is 0 Å². The van der Waals surface area contributed by atoms with Crippen molar-refractivity contribution in [2.75, 3.05) is 0 Å². The normalized spacial score (nSPS) is 10.3. The molecule has 0 radical (unpaired) electrons. The summed E-state index contributed by atoms with van der Waals surface area (Å²) in [7, 11) is 0. The fourth-order valence-electron chi connectivity index (χ4n) is 2.19. The first-order chi connectivity index (χ1) is 10.2. The smallest absolute Gasteiger partial charge is 0.191 e. The van der Waals surface area contributed by atoms with E-state index in [1.54, 1.807) is 16.8 Å². The lowest BCUT2D eigenvalue weighted by molar-refractivity contribution is 0.806. The summed E-state index contributed by atoms with van der Waals surface area (Å²) in [6.45, 7) is 2.00. The highest BCUT2D eigenvalue weighted by molar-refractivity contribution is 6.30. The van der Waals surface area contributed by atoms with Gasteiger partial charge in [0.15, 0.2) is 5.69 Å². The molecule has 0 spiro atoms. The molecule has 0 aliphatic rings. The molecule has 4 nitrogen and oxygen atoms in total. The summed E-state index contributed by atoms with van der Waals surface area (Å²) in [6, 6.07) is 17.3. The van der Waals surface area contributed by atoms with Gasteiger partial charge in [-0.3, -0.25) is 0 Å². The maximum absolute atomic E-state index is 9.27. The van der Waals surface area contributed by atoms with E-state index in [-0.39, 0.29) is 5.69 Å². The summed E-state index contributed by atoms with van der Waals surface area (Å²) < 4.78 is 1.66. The van der Waals surface area contributed by atoms with E-state index < -0.39 is 0 Å². The molecule has 2 aromatic carbocycles. The summed E-state index contributed by atoms with van der Waals surface area (Å²) in [4.78, 5) is 0. The van der Waals surface area contributed by atoms with Crippen LogP contribution in [0.4, 0.5) is 0 Å². The van der Waals surface area contributed by atoms with Crippen molar-refractivity contribution in [1.29, 1.82) is 5.26 Å². The lowest BCUT2D eigenvalue weighted by Crippen LogP contribution is -2.00. The van der Waals surface area contributed by atoms with E-state index in [9.17, 15) is 5.26 Å². The first kappa shape index (κ1) is 13.3. The second kappa shape index (κ2) is 5.39. The molecular formula is C16H11ClN4. The van der Waals surface area contributed by atoms with E-state index in [2.05, 4.69) is 16.4 Å². The Morgan fingerprint density at radius 3 is 2.67 bits per heavy atom. The number of benzene rings is 2. The number of rotatable bonds is 2. The maximum Gasteiger partial charge on any atom is 0.191 e. The molecule has 102 valence electrons. The topological polar surface area (TPSA) is 54.5 Å². The summed E-state index contributed by atoms with van der Waals surface area (Å²) in [5.41, 5.74) is 3.70. The van der Waals surface area contributed by atoms with Crippen molar-refractivity contribution < 1.29 is 0 Å². The number of nitriles is 1. The van der Waals surface area contributed by atoms with Gasteiger partial charge in [-0.15, -0.1) is 5.10 Å². The number of aryl methyl sites for hydroxylation is 1. The second-order valence-corrected chi connectivity index (χ2v) is 5.10. The quantitative estimate of drug-likeness (QED) is 0.723. The molecule has 3 rings (SSSR count). The van der Waals surface area contributed by atoms with Crippen molar-refractivity contribution in [3.05, 3.63) is 64.8 Å². The zero-order valence-corrected chi connectivity index (χ0v) is 12.0. The fraction of sp³-hybridized carbons (Fsp3) is 0.0625. The molecule has 21 heavy (non-hydrogen) atoms. The Bertz CT molecular complexity index is 845. The largest absolute Gasteiger partial charge is 0.211 e. The van der Waals surface area contributed by atoms with Gasteiger partial charge in [-0.05, 0) is 36.8 Å². The van der Waals surface area contributed by atoms with Crippen molar-refractivity contribution in [3.8, 4) is 23.0 Å². The van der Waals surface area contributed by atoms with Crippen LogP contribution in [0.25, 0.3) is 16.9 Å². The molecule has 0 N–H and O–H groups in total. The van der Waals surface area contributed by atoms with Gasteiger partial charge in [0, 0.05) is 10.6 Å². The van der Waals surface area contributed by atoms with E-state index in [0.29, 0.717) is 10.7 Å². The molecule has 0 saturated heterocycles. The van der Waals surface area contributed by atoms with E-state index >= 15 is 0 Å². The first-order valence-corrected chi connectivity index (χ1v) is 6.75. The molecule has 0 aliphatic heterocycles. The van der Waals surface area contributed by atoms with Gasteiger partial charge in [-0.2, -0.15) is 5.26 Å². The number of nitrogens with zero attached hydrogens (tertiary/aromatic N) is 4. The van der Waals surface area contributed by atoms with Crippen LogP contribution in [0.2, 0.25) is 5.02 Å². The highest BCUT2D eigenvalue weighted by Gasteiger charge is 2.16. The second-order valence-electron chi connectivity index (χ2n) is 4.66. The maximum atomic E-state index is 9.27. The average Bonchev–Trinajstić information content (AvgIpc) is 2.91. The first-order valence-electron chi connectivity index (χ1n) is 6.38. The van der Waals surface area contributed by atoms with Crippen molar-refractivity contribution in [2.45, 2.75) is 6.92 Å². The van der Waals surface area contributed by atoms with Crippen LogP contribution >= 0.6 is 11.6 Å².